The first-order valence-corrected chi connectivity index (χ1v) is 7.74. The van der Waals surface area contributed by atoms with Crippen LogP contribution in [0.15, 0.2) is 65.4 Å². The highest BCUT2D eigenvalue weighted by Crippen LogP contribution is 2.26. The van der Waals surface area contributed by atoms with Crippen molar-refractivity contribution in [3.05, 3.63) is 66.6 Å². The van der Waals surface area contributed by atoms with E-state index in [1.807, 2.05) is 53.2 Å². The fourth-order valence-electron chi connectivity index (χ4n) is 2.61. The van der Waals surface area contributed by atoms with E-state index in [0.29, 0.717) is 11.7 Å². The molecule has 0 radical (unpaired) electrons. The third kappa shape index (κ3) is 2.48. The zero-order valence-corrected chi connectivity index (χ0v) is 13.1. The van der Waals surface area contributed by atoms with E-state index in [0.717, 1.165) is 29.1 Å². The van der Waals surface area contributed by atoms with Gasteiger partial charge in [-0.25, -0.2) is 9.67 Å². The highest BCUT2D eigenvalue weighted by atomic mass is 16.5. The molecule has 0 amide bonds. The molecule has 6 heteroatoms. The summed E-state index contributed by atoms with van der Waals surface area (Å²) in [5.41, 5.74) is 2.73. The first-order valence-electron chi connectivity index (χ1n) is 7.74. The van der Waals surface area contributed by atoms with Gasteiger partial charge in [0, 0.05) is 11.8 Å². The van der Waals surface area contributed by atoms with Crippen LogP contribution in [0.3, 0.4) is 0 Å². The lowest BCUT2D eigenvalue weighted by molar-refractivity contribution is 0.432. The molecule has 0 fully saturated rings. The van der Waals surface area contributed by atoms with Gasteiger partial charge in [-0.05, 0) is 18.6 Å². The van der Waals surface area contributed by atoms with E-state index in [9.17, 15) is 0 Å². The molecule has 3 aromatic heterocycles. The lowest BCUT2D eigenvalue weighted by atomic mass is 10.2. The minimum Gasteiger partial charge on any atom is -0.333 e. The Kier molecular flexibility index (Phi) is 3.63. The van der Waals surface area contributed by atoms with Gasteiger partial charge in [-0.1, -0.05) is 48.5 Å². The summed E-state index contributed by atoms with van der Waals surface area (Å²) in [5.74, 6) is 1.80. The number of hydrogen-bond acceptors (Lipinski definition) is 5. The van der Waals surface area contributed by atoms with Crippen molar-refractivity contribution in [2.75, 3.05) is 0 Å². The average molecular weight is 317 g/mol. The molecule has 1 aromatic carbocycles. The molecule has 0 unspecified atom stereocenters. The third-order valence-electron chi connectivity index (χ3n) is 3.76. The van der Waals surface area contributed by atoms with Crippen molar-refractivity contribution in [1.82, 2.24) is 24.9 Å². The van der Waals surface area contributed by atoms with E-state index >= 15 is 0 Å². The van der Waals surface area contributed by atoms with Crippen LogP contribution in [0.4, 0.5) is 0 Å². The van der Waals surface area contributed by atoms with Crippen LogP contribution in [0.5, 0.6) is 0 Å². The molecule has 0 spiro atoms. The summed E-state index contributed by atoms with van der Waals surface area (Å²) in [6.07, 6.45) is 4.26. The number of rotatable bonds is 4. The maximum atomic E-state index is 5.46. The standard InChI is InChI=1S/C18H15N5O/c1-2-15-14(12-20-23(15)16-10-6-7-11-19-16)18-21-17(22-24-18)13-8-4-3-5-9-13/h3-12H,2H2,1H3. The quantitative estimate of drug-likeness (QED) is 0.576. The van der Waals surface area contributed by atoms with E-state index in [-0.39, 0.29) is 0 Å². The Morgan fingerprint density at radius 2 is 1.88 bits per heavy atom. The second kappa shape index (κ2) is 6.08. The average Bonchev–Trinajstić information content (AvgIpc) is 3.30. The summed E-state index contributed by atoms with van der Waals surface area (Å²) in [4.78, 5) is 8.87. The van der Waals surface area contributed by atoms with Crippen LogP contribution in [0.1, 0.15) is 12.6 Å². The molecule has 0 N–H and O–H groups in total. The minimum absolute atomic E-state index is 0.466. The fraction of sp³-hybridized carbons (Fsp3) is 0.111. The Labute approximate surface area is 138 Å². The van der Waals surface area contributed by atoms with Gasteiger partial charge in [-0.3, -0.25) is 0 Å². The van der Waals surface area contributed by atoms with Crippen LogP contribution in [0.25, 0.3) is 28.7 Å². The van der Waals surface area contributed by atoms with Gasteiger partial charge in [0.25, 0.3) is 5.89 Å². The largest absolute Gasteiger partial charge is 0.333 e. The Hall–Kier alpha value is -3.28. The predicted octanol–water partition coefficient (Wildman–Crippen LogP) is 3.55. The number of hydrogen-bond donors (Lipinski definition) is 0. The predicted molar refractivity (Wildman–Crippen MR) is 89.5 cm³/mol. The molecule has 0 saturated heterocycles. The van der Waals surface area contributed by atoms with E-state index in [1.54, 1.807) is 12.4 Å². The number of aromatic nitrogens is 5. The molecule has 118 valence electrons. The minimum atomic E-state index is 0.466. The molecule has 0 aliphatic heterocycles. The molecule has 4 rings (SSSR count). The van der Waals surface area contributed by atoms with Crippen LogP contribution in [0.2, 0.25) is 0 Å². The summed E-state index contributed by atoms with van der Waals surface area (Å²) < 4.78 is 7.27. The fourth-order valence-corrected chi connectivity index (χ4v) is 2.61. The zero-order valence-electron chi connectivity index (χ0n) is 13.1. The Bertz CT molecular complexity index is 944. The third-order valence-corrected chi connectivity index (χ3v) is 3.76. The molecule has 0 aliphatic carbocycles. The summed E-state index contributed by atoms with van der Waals surface area (Å²) in [7, 11) is 0. The van der Waals surface area contributed by atoms with Crippen LogP contribution in [0, 0.1) is 0 Å². The lowest BCUT2D eigenvalue weighted by Crippen LogP contribution is -2.03. The molecule has 3 heterocycles. The molecule has 6 nitrogen and oxygen atoms in total. The molecule has 0 bridgehead atoms. The van der Waals surface area contributed by atoms with E-state index in [2.05, 4.69) is 27.1 Å². The Balaban J connectivity index is 1.76. The number of pyridine rings is 1. The molecule has 0 aliphatic rings. The van der Waals surface area contributed by atoms with Gasteiger partial charge in [-0.15, -0.1) is 0 Å². The smallest absolute Gasteiger partial charge is 0.261 e. The van der Waals surface area contributed by atoms with Gasteiger partial charge in [-0.2, -0.15) is 10.1 Å². The lowest BCUT2D eigenvalue weighted by Gasteiger charge is -2.04. The van der Waals surface area contributed by atoms with Gasteiger partial charge < -0.3 is 4.52 Å². The maximum absolute atomic E-state index is 5.46. The van der Waals surface area contributed by atoms with Crippen molar-refractivity contribution < 1.29 is 4.52 Å². The van der Waals surface area contributed by atoms with Crippen molar-refractivity contribution in [3.8, 4) is 28.7 Å². The maximum Gasteiger partial charge on any atom is 0.261 e. The summed E-state index contributed by atoms with van der Waals surface area (Å²) in [6, 6.07) is 15.5. The van der Waals surface area contributed by atoms with Crippen molar-refractivity contribution in [2.24, 2.45) is 0 Å². The van der Waals surface area contributed by atoms with Crippen molar-refractivity contribution in [2.45, 2.75) is 13.3 Å². The van der Waals surface area contributed by atoms with Crippen LogP contribution >= 0.6 is 0 Å². The second-order valence-corrected chi connectivity index (χ2v) is 5.25. The Morgan fingerprint density at radius 3 is 2.62 bits per heavy atom. The Morgan fingerprint density at radius 1 is 1.04 bits per heavy atom. The van der Waals surface area contributed by atoms with Gasteiger partial charge >= 0.3 is 0 Å². The van der Waals surface area contributed by atoms with Crippen LogP contribution < -0.4 is 0 Å². The molecular formula is C18H15N5O. The first-order chi connectivity index (χ1) is 11.9. The van der Waals surface area contributed by atoms with Crippen molar-refractivity contribution in [3.63, 3.8) is 0 Å². The summed E-state index contributed by atoms with van der Waals surface area (Å²) >= 11 is 0. The highest BCUT2D eigenvalue weighted by molar-refractivity contribution is 5.61. The SMILES string of the molecule is CCc1c(-c2nc(-c3ccccc3)no2)cnn1-c1ccccn1. The van der Waals surface area contributed by atoms with Gasteiger partial charge in [0.15, 0.2) is 5.82 Å². The number of nitrogens with zero attached hydrogens (tertiary/aromatic N) is 5. The van der Waals surface area contributed by atoms with Gasteiger partial charge in [0.2, 0.25) is 5.82 Å². The summed E-state index contributed by atoms with van der Waals surface area (Å²) in [6.45, 7) is 2.06. The topological polar surface area (TPSA) is 69.6 Å². The van der Waals surface area contributed by atoms with Gasteiger partial charge in [0.1, 0.15) is 0 Å². The molecule has 0 atom stereocenters. The normalized spacial score (nSPS) is 10.9. The number of benzene rings is 1. The monoisotopic (exact) mass is 317 g/mol. The molecule has 4 aromatic rings. The molecule has 24 heavy (non-hydrogen) atoms. The van der Waals surface area contributed by atoms with E-state index in [1.165, 1.54) is 0 Å². The highest BCUT2D eigenvalue weighted by Gasteiger charge is 2.18. The molecular weight excluding hydrogens is 302 g/mol. The van der Waals surface area contributed by atoms with Crippen molar-refractivity contribution >= 4 is 0 Å². The first kappa shape index (κ1) is 14.3. The van der Waals surface area contributed by atoms with Crippen molar-refractivity contribution in [1.29, 1.82) is 0 Å². The zero-order chi connectivity index (χ0) is 16.4. The second-order valence-electron chi connectivity index (χ2n) is 5.25. The van der Waals surface area contributed by atoms with E-state index in [4.69, 9.17) is 4.52 Å². The van der Waals surface area contributed by atoms with E-state index < -0.39 is 0 Å². The van der Waals surface area contributed by atoms with Gasteiger partial charge in [0.05, 0.1) is 17.5 Å². The van der Waals surface area contributed by atoms with Crippen LogP contribution in [-0.4, -0.2) is 24.9 Å². The van der Waals surface area contributed by atoms with Crippen LogP contribution in [-0.2, 0) is 6.42 Å². The summed E-state index contributed by atoms with van der Waals surface area (Å²) in [5, 5.41) is 8.52. The molecule has 0 saturated carbocycles.